The van der Waals surface area contributed by atoms with Gasteiger partial charge < -0.3 is 10.1 Å². The SMILES string of the molecule is CC(F)(OC=O)N1CC(=O)Nc2ccccc21. The van der Waals surface area contributed by atoms with E-state index in [2.05, 4.69) is 10.1 Å². The maximum absolute atomic E-state index is 14.1. The number of hydrogen-bond acceptors (Lipinski definition) is 4. The number of ether oxygens (including phenoxy) is 1. The number of hydrogen-bond donors (Lipinski definition) is 1. The normalized spacial score (nSPS) is 17.8. The van der Waals surface area contributed by atoms with Crippen molar-refractivity contribution in [1.82, 2.24) is 0 Å². The summed E-state index contributed by atoms with van der Waals surface area (Å²) < 4.78 is 18.5. The molecule has 0 radical (unpaired) electrons. The van der Waals surface area contributed by atoms with E-state index in [0.29, 0.717) is 11.4 Å². The van der Waals surface area contributed by atoms with E-state index in [0.717, 1.165) is 11.8 Å². The quantitative estimate of drug-likeness (QED) is 0.636. The average Bonchev–Trinajstić information content (AvgIpc) is 2.27. The molecule has 0 fully saturated rings. The molecule has 1 unspecified atom stereocenters. The molecule has 0 saturated carbocycles. The number of nitrogens with one attached hydrogen (secondary N) is 1. The van der Waals surface area contributed by atoms with Crippen molar-refractivity contribution in [1.29, 1.82) is 0 Å². The van der Waals surface area contributed by atoms with Crippen molar-refractivity contribution in [2.75, 3.05) is 16.8 Å². The summed E-state index contributed by atoms with van der Waals surface area (Å²) in [5.41, 5.74) is 0.959. The van der Waals surface area contributed by atoms with Crippen LogP contribution in [0.1, 0.15) is 6.92 Å². The molecule has 0 spiro atoms. The minimum Gasteiger partial charge on any atom is -0.412 e. The summed E-state index contributed by atoms with van der Waals surface area (Å²) in [6, 6.07) is 6.72. The number of carbonyl (C=O) groups excluding carboxylic acids is 2. The topological polar surface area (TPSA) is 58.6 Å². The van der Waals surface area contributed by atoms with Crippen LogP contribution in [0.2, 0.25) is 0 Å². The smallest absolute Gasteiger partial charge is 0.331 e. The van der Waals surface area contributed by atoms with Gasteiger partial charge in [-0.2, -0.15) is 4.39 Å². The molecule has 1 aromatic carbocycles. The number of carbonyl (C=O) groups is 2. The molecule has 1 heterocycles. The van der Waals surface area contributed by atoms with Gasteiger partial charge in [-0.25, -0.2) is 0 Å². The monoisotopic (exact) mass is 238 g/mol. The number of nitrogens with zero attached hydrogens (tertiary/aromatic N) is 1. The fraction of sp³-hybridized carbons (Fsp3) is 0.273. The number of amides is 1. The predicted molar refractivity (Wildman–Crippen MR) is 59.1 cm³/mol. The molecule has 17 heavy (non-hydrogen) atoms. The van der Waals surface area contributed by atoms with Gasteiger partial charge >= 0.3 is 5.98 Å². The third kappa shape index (κ3) is 2.06. The van der Waals surface area contributed by atoms with Crippen LogP contribution in [0.3, 0.4) is 0 Å². The van der Waals surface area contributed by atoms with Gasteiger partial charge in [-0.1, -0.05) is 12.1 Å². The summed E-state index contributed by atoms with van der Waals surface area (Å²) in [6.07, 6.45) is 0. The summed E-state index contributed by atoms with van der Waals surface area (Å²) >= 11 is 0. The molecule has 1 N–H and O–H groups in total. The minimum absolute atomic E-state index is 0.0229. The lowest BCUT2D eigenvalue weighted by Crippen LogP contribution is -2.51. The molecule has 0 saturated heterocycles. The molecule has 90 valence electrons. The molecule has 1 aromatic rings. The molecule has 2 rings (SSSR count). The van der Waals surface area contributed by atoms with E-state index < -0.39 is 5.98 Å². The van der Waals surface area contributed by atoms with Crippen molar-refractivity contribution in [2.24, 2.45) is 0 Å². The largest absolute Gasteiger partial charge is 0.412 e. The van der Waals surface area contributed by atoms with Gasteiger partial charge in [0.05, 0.1) is 11.4 Å². The van der Waals surface area contributed by atoms with Crippen LogP contribution in [0.15, 0.2) is 24.3 Å². The molecule has 1 aliphatic rings. The van der Waals surface area contributed by atoms with Crippen LogP contribution in [0.4, 0.5) is 15.8 Å². The Hall–Kier alpha value is -2.11. The maximum Gasteiger partial charge on any atom is 0.331 e. The van der Waals surface area contributed by atoms with Crippen LogP contribution >= 0.6 is 0 Å². The highest BCUT2D eigenvalue weighted by Gasteiger charge is 2.38. The molecule has 0 bridgehead atoms. The highest BCUT2D eigenvalue weighted by Crippen LogP contribution is 2.34. The lowest BCUT2D eigenvalue weighted by molar-refractivity contribution is -0.162. The van der Waals surface area contributed by atoms with E-state index in [1.807, 2.05) is 0 Å². The van der Waals surface area contributed by atoms with Gasteiger partial charge in [0.1, 0.15) is 6.54 Å². The molecular formula is C11H11FN2O3. The molecule has 0 aliphatic carbocycles. The number of fused-ring (bicyclic) bond motifs is 1. The molecular weight excluding hydrogens is 227 g/mol. The number of rotatable bonds is 3. The van der Waals surface area contributed by atoms with E-state index in [1.54, 1.807) is 24.3 Å². The van der Waals surface area contributed by atoms with Gasteiger partial charge in [0.2, 0.25) is 5.91 Å². The van der Waals surface area contributed by atoms with Crippen LogP contribution < -0.4 is 10.2 Å². The summed E-state index contributed by atoms with van der Waals surface area (Å²) in [5.74, 6) is -2.71. The van der Waals surface area contributed by atoms with Crippen molar-refractivity contribution in [3.63, 3.8) is 0 Å². The second-order valence-corrected chi connectivity index (χ2v) is 3.74. The third-order valence-corrected chi connectivity index (χ3v) is 2.52. The number of alkyl halides is 1. The predicted octanol–water partition coefficient (Wildman–Crippen LogP) is 1.26. The van der Waals surface area contributed by atoms with Gasteiger partial charge in [-0.05, 0) is 12.1 Å². The number of para-hydroxylation sites is 2. The molecule has 0 aromatic heterocycles. The van der Waals surface area contributed by atoms with Crippen LogP contribution in [-0.4, -0.2) is 24.9 Å². The van der Waals surface area contributed by atoms with Crippen molar-refractivity contribution >= 4 is 23.8 Å². The minimum atomic E-state index is -2.35. The standard InChI is InChI=1S/C11H11FN2O3/c1-11(12,17-7-15)14-6-10(16)13-8-4-2-3-5-9(8)14/h2-5,7H,6H2,1H3,(H,13,16). The van der Waals surface area contributed by atoms with Gasteiger partial charge in [0, 0.05) is 6.92 Å². The first-order valence-corrected chi connectivity index (χ1v) is 5.01. The van der Waals surface area contributed by atoms with Crippen LogP contribution in [0, 0.1) is 0 Å². The molecule has 1 atom stereocenters. The van der Waals surface area contributed by atoms with Crippen molar-refractivity contribution < 1.29 is 18.7 Å². The summed E-state index contributed by atoms with van der Waals surface area (Å²) in [6.45, 7) is 0.893. The first-order valence-electron chi connectivity index (χ1n) is 5.01. The van der Waals surface area contributed by atoms with Crippen LogP contribution in [0.5, 0.6) is 0 Å². The Balaban J connectivity index is 2.42. The molecule has 6 heteroatoms. The van der Waals surface area contributed by atoms with Gasteiger partial charge in [-0.3, -0.25) is 14.5 Å². The van der Waals surface area contributed by atoms with E-state index in [4.69, 9.17) is 0 Å². The summed E-state index contributed by atoms with van der Waals surface area (Å²) in [5, 5.41) is 2.61. The summed E-state index contributed by atoms with van der Waals surface area (Å²) in [7, 11) is 0. The second-order valence-electron chi connectivity index (χ2n) is 3.74. The van der Waals surface area contributed by atoms with Crippen LogP contribution in [-0.2, 0) is 14.3 Å². The highest BCUT2D eigenvalue weighted by atomic mass is 19.2. The zero-order valence-corrected chi connectivity index (χ0v) is 9.14. The van der Waals surface area contributed by atoms with Crippen LogP contribution in [0.25, 0.3) is 0 Å². The Labute approximate surface area is 97.2 Å². The Kier molecular flexibility index (Phi) is 2.71. The zero-order valence-electron chi connectivity index (χ0n) is 9.14. The number of anilines is 2. The van der Waals surface area contributed by atoms with Crippen molar-refractivity contribution in [3.05, 3.63) is 24.3 Å². The van der Waals surface area contributed by atoms with Crippen molar-refractivity contribution in [2.45, 2.75) is 12.9 Å². The van der Waals surface area contributed by atoms with E-state index in [1.165, 1.54) is 0 Å². The fourth-order valence-corrected chi connectivity index (χ4v) is 1.74. The first kappa shape index (κ1) is 11.4. The Morgan fingerprint density at radius 2 is 2.24 bits per heavy atom. The highest BCUT2D eigenvalue weighted by molar-refractivity contribution is 6.01. The molecule has 1 amide bonds. The number of halogens is 1. The Morgan fingerprint density at radius 3 is 2.94 bits per heavy atom. The first-order chi connectivity index (χ1) is 8.04. The van der Waals surface area contributed by atoms with Gasteiger partial charge in [-0.15, -0.1) is 0 Å². The Morgan fingerprint density at radius 1 is 1.53 bits per heavy atom. The van der Waals surface area contributed by atoms with E-state index in [-0.39, 0.29) is 18.9 Å². The van der Waals surface area contributed by atoms with E-state index >= 15 is 0 Å². The van der Waals surface area contributed by atoms with Crippen molar-refractivity contribution in [3.8, 4) is 0 Å². The summed E-state index contributed by atoms with van der Waals surface area (Å²) in [4.78, 5) is 22.8. The van der Waals surface area contributed by atoms with Gasteiger partial charge in [0.25, 0.3) is 6.47 Å². The van der Waals surface area contributed by atoms with E-state index in [9.17, 15) is 14.0 Å². The maximum atomic E-state index is 14.1. The average molecular weight is 238 g/mol. The third-order valence-electron chi connectivity index (χ3n) is 2.52. The second kappa shape index (κ2) is 4.04. The lowest BCUT2D eigenvalue weighted by atomic mass is 10.2. The Bertz CT molecular complexity index is 462. The fourth-order valence-electron chi connectivity index (χ4n) is 1.74. The zero-order chi connectivity index (χ0) is 12.5. The molecule has 5 nitrogen and oxygen atoms in total. The molecule has 1 aliphatic heterocycles. The number of benzene rings is 1. The lowest BCUT2D eigenvalue weighted by Gasteiger charge is -2.37. The van der Waals surface area contributed by atoms with Gasteiger partial charge in [0.15, 0.2) is 0 Å².